The fourth-order valence-corrected chi connectivity index (χ4v) is 2.66. The molecule has 0 aromatic heterocycles. The Morgan fingerprint density at radius 3 is 2.60 bits per heavy atom. The van der Waals surface area contributed by atoms with Crippen molar-refractivity contribution < 1.29 is 9.90 Å². The van der Waals surface area contributed by atoms with Crippen LogP contribution < -0.4 is 5.32 Å². The maximum Gasteiger partial charge on any atom is 0.252 e. The number of aryl methyl sites for hydroxylation is 1. The molecule has 2 aromatic carbocycles. The van der Waals surface area contributed by atoms with Gasteiger partial charge in [-0.15, -0.1) is 0 Å². The molecule has 102 valence electrons. The molecule has 1 aliphatic heterocycles. The van der Waals surface area contributed by atoms with Gasteiger partial charge < -0.3 is 10.4 Å². The summed E-state index contributed by atoms with van der Waals surface area (Å²) < 4.78 is 0. The number of carbonyl (C=O) groups is 1. The van der Waals surface area contributed by atoms with Crippen LogP contribution >= 0.6 is 0 Å². The molecule has 0 spiro atoms. The van der Waals surface area contributed by atoms with Crippen molar-refractivity contribution in [1.82, 2.24) is 5.32 Å². The highest BCUT2D eigenvalue weighted by Gasteiger charge is 2.29. The van der Waals surface area contributed by atoms with Gasteiger partial charge in [-0.2, -0.15) is 0 Å². The minimum Gasteiger partial charge on any atom is -0.388 e. The van der Waals surface area contributed by atoms with Crippen molar-refractivity contribution in [3.8, 4) is 0 Å². The van der Waals surface area contributed by atoms with Gasteiger partial charge in [-0.1, -0.05) is 48.0 Å². The first-order valence-corrected chi connectivity index (χ1v) is 6.79. The first-order chi connectivity index (χ1) is 9.65. The van der Waals surface area contributed by atoms with Crippen LogP contribution in [0, 0.1) is 6.92 Å². The number of rotatable bonds is 3. The lowest BCUT2D eigenvalue weighted by Crippen LogP contribution is -2.20. The molecule has 1 aliphatic rings. The van der Waals surface area contributed by atoms with Crippen LogP contribution in [-0.2, 0) is 0 Å². The quantitative estimate of drug-likeness (QED) is 0.898. The van der Waals surface area contributed by atoms with Gasteiger partial charge in [0.15, 0.2) is 0 Å². The lowest BCUT2D eigenvalue weighted by Gasteiger charge is -2.17. The number of benzene rings is 2. The molecule has 0 saturated carbocycles. The van der Waals surface area contributed by atoms with Crippen LogP contribution in [0.3, 0.4) is 0 Å². The summed E-state index contributed by atoms with van der Waals surface area (Å²) in [4.78, 5) is 11.8. The van der Waals surface area contributed by atoms with Crippen molar-refractivity contribution in [3.05, 3.63) is 70.8 Å². The Morgan fingerprint density at radius 1 is 1.15 bits per heavy atom. The van der Waals surface area contributed by atoms with Crippen molar-refractivity contribution in [2.24, 2.45) is 0 Å². The Labute approximate surface area is 118 Å². The van der Waals surface area contributed by atoms with Gasteiger partial charge in [-0.05, 0) is 24.1 Å². The fraction of sp³-hybridized carbons (Fsp3) is 0.235. The third kappa shape index (κ3) is 2.32. The number of hydrogen-bond acceptors (Lipinski definition) is 2. The normalized spacial score (nSPS) is 18.5. The molecule has 2 aromatic rings. The van der Waals surface area contributed by atoms with E-state index in [1.807, 2.05) is 55.5 Å². The molecular weight excluding hydrogens is 250 g/mol. The Balaban J connectivity index is 1.79. The highest BCUT2D eigenvalue weighted by atomic mass is 16.3. The predicted molar refractivity (Wildman–Crippen MR) is 77.4 cm³/mol. The number of aliphatic hydroxyl groups is 1. The summed E-state index contributed by atoms with van der Waals surface area (Å²) in [6, 6.07) is 15.3. The van der Waals surface area contributed by atoms with Crippen molar-refractivity contribution in [3.63, 3.8) is 0 Å². The third-order valence-corrected chi connectivity index (χ3v) is 3.81. The Bertz CT molecular complexity index is 634. The maximum absolute atomic E-state index is 11.8. The molecule has 0 unspecified atom stereocenters. The molecule has 0 saturated heterocycles. The molecule has 20 heavy (non-hydrogen) atoms. The maximum atomic E-state index is 11.8. The molecule has 3 nitrogen and oxygen atoms in total. The van der Waals surface area contributed by atoms with Crippen molar-refractivity contribution in [1.29, 1.82) is 0 Å². The minimum absolute atomic E-state index is 0.0540. The van der Waals surface area contributed by atoms with Crippen LogP contribution in [0.5, 0.6) is 0 Å². The Hall–Kier alpha value is -2.13. The van der Waals surface area contributed by atoms with Crippen LogP contribution in [-0.4, -0.2) is 11.0 Å². The van der Waals surface area contributed by atoms with E-state index in [0.717, 1.165) is 11.1 Å². The summed E-state index contributed by atoms with van der Waals surface area (Å²) in [5.74, 6) is -0.0540. The van der Waals surface area contributed by atoms with E-state index in [0.29, 0.717) is 12.0 Å². The topological polar surface area (TPSA) is 49.3 Å². The van der Waals surface area contributed by atoms with Gasteiger partial charge in [0, 0.05) is 12.0 Å². The second-order valence-corrected chi connectivity index (χ2v) is 5.28. The van der Waals surface area contributed by atoms with Gasteiger partial charge >= 0.3 is 0 Å². The van der Waals surface area contributed by atoms with E-state index in [9.17, 15) is 9.90 Å². The summed E-state index contributed by atoms with van der Waals surface area (Å²) in [6.07, 6.45) is -0.0849. The lowest BCUT2D eigenvalue weighted by molar-refractivity contribution is 0.0938. The Kier molecular flexibility index (Phi) is 3.28. The van der Waals surface area contributed by atoms with E-state index in [2.05, 4.69) is 5.32 Å². The first kappa shape index (κ1) is 12.9. The standard InChI is InChI=1S/C17H17NO2/c1-11-6-8-12(9-7-11)16(19)10-15-13-4-2-3-5-14(13)17(20)18-15/h2-9,15-16,19H,10H2,1H3,(H,18,20)/t15-,16-/m0/s1. The SMILES string of the molecule is Cc1ccc([C@@H](O)C[C@@H]2NC(=O)c3ccccc32)cc1. The Morgan fingerprint density at radius 2 is 1.85 bits per heavy atom. The van der Waals surface area contributed by atoms with Crippen molar-refractivity contribution in [2.75, 3.05) is 0 Å². The van der Waals surface area contributed by atoms with Crippen LogP contribution in [0.2, 0.25) is 0 Å². The van der Waals surface area contributed by atoms with Crippen LogP contribution in [0.25, 0.3) is 0 Å². The van der Waals surface area contributed by atoms with Gasteiger partial charge in [-0.3, -0.25) is 4.79 Å². The number of aliphatic hydroxyl groups excluding tert-OH is 1. The van der Waals surface area contributed by atoms with E-state index in [-0.39, 0.29) is 11.9 Å². The first-order valence-electron chi connectivity index (χ1n) is 6.79. The molecule has 0 bridgehead atoms. The number of amides is 1. The fourth-order valence-electron chi connectivity index (χ4n) is 2.66. The van der Waals surface area contributed by atoms with Gasteiger partial charge in [0.25, 0.3) is 5.91 Å². The smallest absolute Gasteiger partial charge is 0.252 e. The molecule has 0 radical (unpaired) electrons. The van der Waals surface area contributed by atoms with Gasteiger partial charge in [0.2, 0.25) is 0 Å². The van der Waals surface area contributed by atoms with E-state index in [4.69, 9.17) is 0 Å². The zero-order valence-corrected chi connectivity index (χ0v) is 11.3. The average Bonchev–Trinajstić information content (AvgIpc) is 2.77. The van der Waals surface area contributed by atoms with Gasteiger partial charge in [-0.25, -0.2) is 0 Å². The molecule has 2 N–H and O–H groups in total. The predicted octanol–water partition coefficient (Wildman–Crippen LogP) is 2.90. The van der Waals surface area contributed by atoms with Gasteiger partial charge in [0.05, 0.1) is 12.1 Å². The number of hydrogen-bond donors (Lipinski definition) is 2. The third-order valence-electron chi connectivity index (χ3n) is 3.81. The molecule has 3 heteroatoms. The summed E-state index contributed by atoms with van der Waals surface area (Å²) in [5, 5.41) is 13.3. The second kappa shape index (κ2) is 5.10. The number of nitrogens with one attached hydrogen (secondary N) is 1. The molecule has 1 amide bonds. The molecule has 0 aliphatic carbocycles. The monoisotopic (exact) mass is 267 g/mol. The summed E-state index contributed by atoms with van der Waals surface area (Å²) >= 11 is 0. The van der Waals surface area contributed by atoms with Gasteiger partial charge in [0.1, 0.15) is 0 Å². The van der Waals surface area contributed by atoms with Crippen LogP contribution in [0.1, 0.15) is 45.6 Å². The van der Waals surface area contributed by atoms with E-state index < -0.39 is 6.10 Å². The number of carbonyl (C=O) groups excluding carboxylic acids is 1. The zero-order valence-electron chi connectivity index (χ0n) is 11.3. The molecule has 2 atom stereocenters. The summed E-state index contributed by atoms with van der Waals surface area (Å²) in [7, 11) is 0. The molecular formula is C17H17NO2. The highest BCUT2D eigenvalue weighted by molar-refractivity contribution is 5.99. The minimum atomic E-state index is -0.577. The van der Waals surface area contributed by atoms with Crippen molar-refractivity contribution >= 4 is 5.91 Å². The average molecular weight is 267 g/mol. The largest absolute Gasteiger partial charge is 0.388 e. The van der Waals surface area contributed by atoms with E-state index in [1.54, 1.807) is 0 Å². The molecule has 0 fully saturated rings. The van der Waals surface area contributed by atoms with Crippen molar-refractivity contribution in [2.45, 2.75) is 25.5 Å². The van der Waals surface area contributed by atoms with E-state index >= 15 is 0 Å². The lowest BCUT2D eigenvalue weighted by atomic mass is 9.96. The molecule has 1 heterocycles. The summed E-state index contributed by atoms with van der Waals surface area (Å²) in [5.41, 5.74) is 3.74. The van der Waals surface area contributed by atoms with E-state index in [1.165, 1.54) is 5.56 Å². The van der Waals surface area contributed by atoms with Crippen LogP contribution in [0.4, 0.5) is 0 Å². The highest BCUT2D eigenvalue weighted by Crippen LogP contribution is 2.32. The van der Waals surface area contributed by atoms with Crippen LogP contribution in [0.15, 0.2) is 48.5 Å². The number of fused-ring (bicyclic) bond motifs is 1. The zero-order chi connectivity index (χ0) is 14.1. The molecule has 3 rings (SSSR count). The summed E-state index contributed by atoms with van der Waals surface area (Å²) in [6.45, 7) is 2.02. The second-order valence-electron chi connectivity index (χ2n) is 5.28.